The monoisotopic (exact) mass is 536 g/mol. The number of β-lactam (4-membered cyclic amide) rings is 1. The minimum atomic E-state index is -0.844. The first-order valence-corrected chi connectivity index (χ1v) is 13.3. The molecule has 0 unspecified atom stereocenters. The second kappa shape index (κ2) is 11.4. The van der Waals surface area contributed by atoms with Gasteiger partial charge in [0, 0.05) is 35.7 Å². The minimum absolute atomic E-state index is 0.131. The molecule has 11 heteroatoms. The Labute approximate surface area is 219 Å². The van der Waals surface area contributed by atoms with E-state index in [-0.39, 0.29) is 53.9 Å². The van der Waals surface area contributed by atoms with Crippen molar-refractivity contribution in [1.29, 1.82) is 0 Å². The zero-order valence-corrected chi connectivity index (χ0v) is 22.2. The number of thioether (sulfide) groups is 1. The summed E-state index contributed by atoms with van der Waals surface area (Å²) >= 11 is 1.57. The van der Waals surface area contributed by atoms with E-state index in [4.69, 9.17) is 14.2 Å². The molecule has 4 atom stereocenters. The third-order valence-corrected chi connectivity index (χ3v) is 8.16. The molecule has 3 aliphatic rings. The van der Waals surface area contributed by atoms with Gasteiger partial charge in [-0.1, -0.05) is 19.1 Å². The molecule has 1 N–H and O–H groups in total. The predicted octanol–water partition coefficient (Wildman–Crippen LogP) is 2.92. The molecule has 4 rings (SSSR count). The molecule has 0 aliphatic carbocycles. The maximum Gasteiger partial charge on any atom is 0.508 e. The quantitative estimate of drug-likeness (QED) is 0.275. The Morgan fingerprint density at radius 3 is 2.41 bits per heavy atom. The zero-order chi connectivity index (χ0) is 26.9. The number of hydrogen-bond acceptors (Lipinski definition) is 9. The Bertz CT molecular complexity index is 1060. The van der Waals surface area contributed by atoms with Gasteiger partial charge in [0.25, 0.3) is 0 Å². The van der Waals surface area contributed by atoms with E-state index in [1.165, 1.54) is 17.0 Å². The van der Waals surface area contributed by atoms with Gasteiger partial charge in [0.15, 0.2) is 0 Å². The number of halogens is 1. The molecule has 1 aromatic rings. The van der Waals surface area contributed by atoms with Crippen LogP contribution in [-0.4, -0.2) is 82.7 Å². The Hall–Kier alpha value is -2.63. The van der Waals surface area contributed by atoms with Crippen molar-refractivity contribution in [3.63, 3.8) is 0 Å². The van der Waals surface area contributed by atoms with E-state index in [0.717, 1.165) is 23.6 Å². The third-order valence-electron chi connectivity index (χ3n) is 6.71. The lowest BCUT2D eigenvalue weighted by Gasteiger charge is -2.46. The Morgan fingerprint density at radius 1 is 1.14 bits per heavy atom. The predicted molar refractivity (Wildman–Crippen MR) is 134 cm³/mol. The molecule has 1 amide bonds. The number of rotatable bonds is 10. The van der Waals surface area contributed by atoms with Crippen LogP contribution in [0, 0.1) is 17.7 Å². The van der Waals surface area contributed by atoms with Gasteiger partial charge in [-0.25, -0.2) is 14.0 Å². The number of carbonyl (C=O) groups is 3. The highest BCUT2D eigenvalue weighted by Gasteiger charge is 2.60. The number of amides is 1. The van der Waals surface area contributed by atoms with E-state index in [2.05, 4.69) is 4.90 Å². The van der Waals surface area contributed by atoms with Crippen LogP contribution in [0.2, 0.25) is 0 Å². The molecule has 0 spiro atoms. The number of ether oxygens (including phenoxy) is 3. The summed E-state index contributed by atoms with van der Waals surface area (Å²) in [7, 11) is 0. The smallest absolute Gasteiger partial charge is 0.457 e. The lowest BCUT2D eigenvalue weighted by atomic mass is 9.79. The first kappa shape index (κ1) is 27.4. The van der Waals surface area contributed by atoms with Gasteiger partial charge in [0.05, 0.1) is 24.2 Å². The molecular formula is C26H33FN2O7S. The fourth-order valence-corrected chi connectivity index (χ4v) is 6.55. The summed E-state index contributed by atoms with van der Waals surface area (Å²) in [4.78, 5) is 41.9. The van der Waals surface area contributed by atoms with Crippen molar-refractivity contribution in [2.45, 2.75) is 57.7 Å². The van der Waals surface area contributed by atoms with E-state index < -0.39 is 24.1 Å². The van der Waals surface area contributed by atoms with Crippen molar-refractivity contribution < 1.29 is 38.1 Å². The van der Waals surface area contributed by atoms with Gasteiger partial charge in [0.1, 0.15) is 24.7 Å². The third kappa shape index (κ3) is 5.94. The maximum absolute atomic E-state index is 13.2. The van der Waals surface area contributed by atoms with Gasteiger partial charge in [0.2, 0.25) is 5.91 Å². The zero-order valence-electron chi connectivity index (χ0n) is 21.4. The highest BCUT2D eigenvalue weighted by Crippen LogP contribution is 2.52. The summed E-state index contributed by atoms with van der Waals surface area (Å²) in [6.45, 7) is 8.86. The molecule has 0 aromatic heterocycles. The van der Waals surface area contributed by atoms with Crippen LogP contribution in [0.15, 0.2) is 34.9 Å². The first-order chi connectivity index (χ1) is 17.6. The number of nitrogens with zero attached hydrogens (tertiary/aromatic N) is 2. The molecule has 1 aromatic carbocycles. The molecule has 9 nitrogen and oxygen atoms in total. The first-order valence-electron chi connectivity index (χ1n) is 12.5. The largest absolute Gasteiger partial charge is 0.508 e. The van der Waals surface area contributed by atoms with Crippen LogP contribution in [0.5, 0.6) is 0 Å². The Kier molecular flexibility index (Phi) is 8.45. The fraction of sp³-hybridized carbons (Fsp3) is 0.577. The molecule has 0 saturated carbocycles. The van der Waals surface area contributed by atoms with Crippen LogP contribution < -0.4 is 0 Å². The maximum atomic E-state index is 13.2. The number of aliphatic hydroxyl groups is 1. The van der Waals surface area contributed by atoms with E-state index in [9.17, 15) is 23.9 Å². The van der Waals surface area contributed by atoms with E-state index in [1.54, 1.807) is 44.7 Å². The van der Waals surface area contributed by atoms with E-state index in [0.29, 0.717) is 6.54 Å². The minimum Gasteiger partial charge on any atom is -0.457 e. The van der Waals surface area contributed by atoms with Crippen LogP contribution in [0.1, 0.15) is 33.3 Å². The summed E-state index contributed by atoms with van der Waals surface area (Å²) < 4.78 is 28.3. The van der Waals surface area contributed by atoms with Crippen LogP contribution in [0.3, 0.4) is 0 Å². The Morgan fingerprint density at radius 2 is 1.78 bits per heavy atom. The number of aliphatic hydroxyl groups excluding tert-OH is 1. The summed E-state index contributed by atoms with van der Waals surface area (Å²) in [5.41, 5.74) is 1.24. The molecule has 0 radical (unpaired) electrons. The van der Waals surface area contributed by atoms with Crippen molar-refractivity contribution in [1.82, 2.24) is 9.80 Å². The summed E-state index contributed by atoms with van der Waals surface area (Å²) in [5.74, 6) is -1.91. The fourth-order valence-electron chi connectivity index (χ4n) is 4.98. The van der Waals surface area contributed by atoms with Crippen molar-refractivity contribution in [2.24, 2.45) is 11.8 Å². The lowest BCUT2D eigenvalue weighted by molar-refractivity contribution is -0.164. The molecular weight excluding hydrogens is 503 g/mol. The molecule has 2 saturated heterocycles. The highest BCUT2D eigenvalue weighted by atomic mass is 32.2. The highest BCUT2D eigenvalue weighted by molar-refractivity contribution is 8.03. The van der Waals surface area contributed by atoms with Gasteiger partial charge >= 0.3 is 12.1 Å². The van der Waals surface area contributed by atoms with Crippen LogP contribution in [0.4, 0.5) is 9.18 Å². The number of likely N-dealkylation sites (tertiary alicyclic amines) is 1. The number of carbonyl (C=O) groups excluding carboxylic acids is 3. The van der Waals surface area contributed by atoms with Crippen molar-refractivity contribution in [3.8, 4) is 0 Å². The second-order valence-corrected chi connectivity index (χ2v) is 11.3. The molecule has 3 aliphatic heterocycles. The molecule has 2 fully saturated rings. The number of benzene rings is 1. The summed E-state index contributed by atoms with van der Waals surface area (Å²) in [6, 6.07) is 6.13. The van der Waals surface area contributed by atoms with Gasteiger partial charge in [-0.3, -0.25) is 9.69 Å². The van der Waals surface area contributed by atoms with Gasteiger partial charge in [-0.05, 0) is 38.5 Å². The van der Waals surface area contributed by atoms with Gasteiger partial charge < -0.3 is 24.2 Å². The number of hydrogen-bond donors (Lipinski definition) is 1. The summed E-state index contributed by atoms with van der Waals surface area (Å²) in [6.07, 6.45) is -1.99. The normalized spacial score (nSPS) is 24.5. The standard InChI is InChI=1S/C26H33FN2O7S/c1-14(2)36-26(33)35-10-9-34-25(32)22-23(15(3)21-20(16(4)30)24(31)29(21)22)37-19-12-28(13-19)11-17-5-7-18(27)8-6-17/h5-8,14-16,19-21,30H,9-13H2,1-4H3/t15-,16-,20-,21-/m1/s1. The van der Waals surface area contributed by atoms with Crippen molar-refractivity contribution >= 4 is 29.8 Å². The molecule has 3 heterocycles. The molecule has 37 heavy (non-hydrogen) atoms. The summed E-state index contributed by atoms with van der Waals surface area (Å²) in [5, 5.41) is 10.4. The average molecular weight is 537 g/mol. The van der Waals surface area contributed by atoms with Crippen LogP contribution in [-0.2, 0) is 30.3 Å². The van der Waals surface area contributed by atoms with E-state index in [1.807, 2.05) is 6.92 Å². The van der Waals surface area contributed by atoms with Crippen molar-refractivity contribution in [3.05, 3.63) is 46.2 Å². The number of esters is 1. The van der Waals surface area contributed by atoms with Gasteiger partial charge in [-0.2, -0.15) is 0 Å². The van der Waals surface area contributed by atoms with Crippen LogP contribution >= 0.6 is 11.8 Å². The Balaban J connectivity index is 1.39. The van der Waals surface area contributed by atoms with Crippen molar-refractivity contribution in [2.75, 3.05) is 26.3 Å². The average Bonchev–Trinajstić information content (AvgIpc) is 3.03. The molecule has 202 valence electrons. The van der Waals surface area contributed by atoms with Crippen LogP contribution in [0.25, 0.3) is 0 Å². The SMILES string of the molecule is CC(C)OC(=O)OCCOC(=O)C1=C(SC2CN(Cc3ccc(F)cc3)C2)[C@H](C)[C@@H]2[C@@H]([C@@H](C)O)C(=O)N12. The lowest BCUT2D eigenvalue weighted by Crippen LogP contribution is -2.63. The second-order valence-electron chi connectivity index (χ2n) is 9.93. The number of fused-ring (bicyclic) bond motifs is 1. The molecule has 0 bridgehead atoms. The van der Waals surface area contributed by atoms with Gasteiger partial charge in [-0.15, -0.1) is 11.8 Å². The topological polar surface area (TPSA) is 106 Å². The van der Waals surface area contributed by atoms with E-state index >= 15 is 0 Å².